The van der Waals surface area contributed by atoms with Crippen LogP contribution in [0.25, 0.3) is 17.2 Å². The molecule has 0 aliphatic heterocycles. The number of benzene rings is 2. The van der Waals surface area contributed by atoms with Gasteiger partial charge in [0.05, 0.1) is 16.1 Å². The lowest BCUT2D eigenvalue weighted by atomic mass is 9.90. The number of allylic oxidation sites excluding steroid dienone is 1. The van der Waals surface area contributed by atoms with E-state index in [9.17, 15) is 0 Å². The molecule has 0 aromatic heterocycles. The molecule has 2 aromatic rings. The Morgan fingerprint density at radius 2 is 1.43 bits per heavy atom. The predicted molar refractivity (Wildman–Crippen MR) is 143 cm³/mol. The fourth-order valence-corrected chi connectivity index (χ4v) is 6.83. The van der Waals surface area contributed by atoms with Gasteiger partial charge in [0.2, 0.25) is 0 Å². The Labute approximate surface area is 187 Å². The van der Waals surface area contributed by atoms with Crippen LogP contribution < -0.4 is 10.4 Å². The van der Waals surface area contributed by atoms with E-state index in [1.54, 1.807) is 10.4 Å². The highest BCUT2D eigenvalue weighted by Gasteiger charge is 2.26. The summed E-state index contributed by atoms with van der Waals surface area (Å²) in [6.45, 7) is 21.9. The summed E-state index contributed by atoms with van der Waals surface area (Å²) in [4.78, 5) is 0. The molecule has 0 nitrogen and oxygen atoms in total. The maximum absolute atomic E-state index is 2.55. The van der Waals surface area contributed by atoms with E-state index in [0.717, 1.165) is 6.42 Å². The summed E-state index contributed by atoms with van der Waals surface area (Å²) in [6.07, 6.45) is 8.46. The Bertz CT molecular complexity index is 920. The number of rotatable bonds is 7. The van der Waals surface area contributed by atoms with Crippen LogP contribution in [-0.2, 0) is 6.42 Å². The lowest BCUT2D eigenvalue weighted by molar-refractivity contribution is 0.669. The SMILES string of the molecule is CCCc1ccc2c(c1-c1cc([Si](C)(C)C)cc([Si](C)(C)C)c1)C=C(C(C)CC)[CH]2. The monoisotopic (exact) mass is 433 g/mol. The number of fused-ring (bicyclic) bond motifs is 1. The van der Waals surface area contributed by atoms with E-state index >= 15 is 0 Å². The van der Waals surface area contributed by atoms with Gasteiger partial charge in [-0.15, -0.1) is 0 Å². The summed E-state index contributed by atoms with van der Waals surface area (Å²) in [5, 5.41) is 3.20. The third kappa shape index (κ3) is 4.75. The van der Waals surface area contributed by atoms with Crippen LogP contribution in [0.3, 0.4) is 0 Å². The molecule has 2 heteroatoms. The van der Waals surface area contributed by atoms with E-state index < -0.39 is 16.1 Å². The van der Waals surface area contributed by atoms with Gasteiger partial charge in [-0.05, 0) is 46.6 Å². The van der Waals surface area contributed by atoms with Crippen molar-refractivity contribution in [2.24, 2.45) is 5.92 Å². The molecule has 0 saturated heterocycles. The molecule has 0 bridgehead atoms. The zero-order chi connectivity index (χ0) is 22.3. The summed E-state index contributed by atoms with van der Waals surface area (Å²) >= 11 is 0. The minimum Gasteiger partial charge on any atom is -0.0656 e. The molecule has 3 rings (SSSR count). The van der Waals surface area contributed by atoms with Crippen LogP contribution in [0.4, 0.5) is 0 Å². The fraction of sp³-hybridized carbons (Fsp3) is 0.464. The van der Waals surface area contributed by atoms with Gasteiger partial charge < -0.3 is 0 Å². The molecule has 1 aliphatic carbocycles. The first-order valence-electron chi connectivity index (χ1n) is 11.8. The predicted octanol–water partition coefficient (Wildman–Crippen LogP) is 7.39. The highest BCUT2D eigenvalue weighted by molar-refractivity contribution is 6.91. The Hall–Kier alpha value is -1.39. The van der Waals surface area contributed by atoms with Gasteiger partial charge in [-0.25, -0.2) is 0 Å². The van der Waals surface area contributed by atoms with E-state index in [1.165, 1.54) is 46.2 Å². The smallest absolute Gasteiger partial charge is 0.0656 e. The molecule has 1 atom stereocenters. The van der Waals surface area contributed by atoms with Crippen LogP contribution in [0, 0.1) is 12.3 Å². The number of hydrogen-bond acceptors (Lipinski definition) is 0. The lowest BCUT2D eigenvalue weighted by Crippen LogP contribution is -2.45. The highest BCUT2D eigenvalue weighted by atomic mass is 28.3. The maximum Gasteiger partial charge on any atom is 0.0776 e. The van der Waals surface area contributed by atoms with Crippen molar-refractivity contribution in [3.63, 3.8) is 0 Å². The van der Waals surface area contributed by atoms with E-state index in [4.69, 9.17) is 0 Å². The topological polar surface area (TPSA) is 0 Å². The van der Waals surface area contributed by atoms with Crippen LogP contribution in [0.1, 0.15) is 50.3 Å². The molecule has 0 N–H and O–H groups in total. The average Bonchev–Trinajstić information content (AvgIpc) is 3.10. The van der Waals surface area contributed by atoms with Crippen molar-refractivity contribution in [2.45, 2.75) is 79.3 Å². The number of hydrogen-bond donors (Lipinski definition) is 0. The normalized spacial score (nSPS) is 15.2. The molecular formula is C28H41Si2. The van der Waals surface area contributed by atoms with E-state index in [1.807, 2.05) is 0 Å². The molecular weight excluding hydrogens is 392 g/mol. The molecule has 2 aromatic carbocycles. The fourth-order valence-electron chi connectivity index (χ4n) is 4.33. The van der Waals surface area contributed by atoms with Crippen LogP contribution in [0.5, 0.6) is 0 Å². The second-order valence-corrected chi connectivity index (χ2v) is 21.4. The van der Waals surface area contributed by atoms with Gasteiger partial charge in [-0.3, -0.25) is 0 Å². The zero-order valence-electron chi connectivity index (χ0n) is 20.7. The molecule has 161 valence electrons. The van der Waals surface area contributed by atoms with Crippen molar-refractivity contribution < 1.29 is 0 Å². The molecule has 30 heavy (non-hydrogen) atoms. The number of aryl methyl sites for hydroxylation is 1. The van der Waals surface area contributed by atoms with Crippen LogP contribution in [-0.4, -0.2) is 16.1 Å². The Balaban J connectivity index is 2.30. The van der Waals surface area contributed by atoms with Crippen LogP contribution in [0.15, 0.2) is 35.9 Å². The second-order valence-electron chi connectivity index (χ2n) is 11.2. The summed E-state index contributed by atoms with van der Waals surface area (Å²) in [5.41, 5.74) is 8.85. The van der Waals surface area contributed by atoms with E-state index in [-0.39, 0.29) is 0 Å². The molecule has 0 heterocycles. The first kappa shape index (κ1) is 23.3. The minimum absolute atomic E-state index is 0.616. The van der Waals surface area contributed by atoms with Crippen molar-refractivity contribution in [3.05, 3.63) is 59.0 Å². The average molecular weight is 434 g/mol. The van der Waals surface area contributed by atoms with E-state index in [0.29, 0.717) is 5.92 Å². The van der Waals surface area contributed by atoms with Crippen molar-refractivity contribution in [2.75, 3.05) is 0 Å². The Morgan fingerprint density at radius 3 is 1.93 bits per heavy atom. The van der Waals surface area contributed by atoms with Crippen LogP contribution >= 0.6 is 0 Å². The van der Waals surface area contributed by atoms with Gasteiger partial charge in [-0.2, -0.15) is 0 Å². The first-order valence-corrected chi connectivity index (χ1v) is 18.8. The van der Waals surface area contributed by atoms with Gasteiger partial charge in [0.25, 0.3) is 0 Å². The molecule has 1 radical (unpaired) electrons. The second kappa shape index (κ2) is 8.63. The summed E-state index contributed by atoms with van der Waals surface area (Å²) < 4.78 is 0. The molecule has 1 unspecified atom stereocenters. The van der Waals surface area contributed by atoms with Crippen molar-refractivity contribution in [3.8, 4) is 11.1 Å². The van der Waals surface area contributed by atoms with Gasteiger partial charge in [0, 0.05) is 6.42 Å². The van der Waals surface area contributed by atoms with Crippen LogP contribution in [0.2, 0.25) is 39.3 Å². The van der Waals surface area contributed by atoms with Gasteiger partial charge in [-0.1, -0.05) is 119 Å². The third-order valence-corrected chi connectivity index (χ3v) is 10.7. The standard InChI is InChI=1S/C28H41Si2/c1-10-12-21-13-14-22-15-23(20(3)11-2)18-27(22)28(21)24-16-25(29(4,5)6)19-26(17-24)30(7,8)9/h13-20H,10-12H2,1-9H3. The van der Waals surface area contributed by atoms with Gasteiger partial charge >= 0.3 is 0 Å². The lowest BCUT2D eigenvalue weighted by Gasteiger charge is -2.25. The van der Waals surface area contributed by atoms with Crippen molar-refractivity contribution in [1.82, 2.24) is 0 Å². The highest BCUT2D eigenvalue weighted by Crippen LogP contribution is 2.40. The van der Waals surface area contributed by atoms with E-state index in [2.05, 4.69) is 103 Å². The maximum atomic E-state index is 2.55. The molecule has 0 amide bonds. The Kier molecular flexibility index (Phi) is 6.69. The Morgan fingerprint density at radius 1 is 0.833 bits per heavy atom. The third-order valence-electron chi connectivity index (χ3n) is 6.65. The molecule has 0 spiro atoms. The van der Waals surface area contributed by atoms with Crippen molar-refractivity contribution >= 4 is 32.6 Å². The molecule has 0 saturated carbocycles. The first-order chi connectivity index (χ1) is 14.0. The van der Waals surface area contributed by atoms with Crippen molar-refractivity contribution in [1.29, 1.82) is 0 Å². The zero-order valence-corrected chi connectivity index (χ0v) is 22.7. The molecule has 1 aliphatic rings. The summed E-state index contributed by atoms with van der Waals surface area (Å²) in [5.74, 6) is 0.616. The summed E-state index contributed by atoms with van der Waals surface area (Å²) in [6, 6.07) is 12.4. The van der Waals surface area contributed by atoms with Gasteiger partial charge in [0.1, 0.15) is 0 Å². The largest absolute Gasteiger partial charge is 0.0776 e. The minimum atomic E-state index is -1.41. The summed E-state index contributed by atoms with van der Waals surface area (Å²) in [7, 11) is -2.81. The molecule has 0 fully saturated rings. The quantitative estimate of drug-likeness (QED) is 0.399. The van der Waals surface area contributed by atoms with Gasteiger partial charge in [0.15, 0.2) is 0 Å².